The van der Waals surface area contributed by atoms with Crippen LogP contribution in [0.25, 0.3) is 31.3 Å². The first-order valence-corrected chi connectivity index (χ1v) is 11.4. The molecule has 0 aliphatic carbocycles. The number of nitrogens with zero attached hydrogens (tertiary/aromatic N) is 1. The molecule has 33 heavy (non-hydrogen) atoms. The molecule has 0 saturated heterocycles. The molecule has 1 nitrogen and oxygen atoms in total. The molecule has 1 aromatic heterocycles. The van der Waals surface area contributed by atoms with Crippen molar-refractivity contribution in [1.29, 1.82) is 0 Å². The molecular formula is C30H19NSW. The summed E-state index contributed by atoms with van der Waals surface area (Å²) in [6.07, 6.45) is 0. The Morgan fingerprint density at radius 1 is 0.576 bits per heavy atom. The second-order valence-electron chi connectivity index (χ2n) is 7.63. The number of hydrogen-bond donors (Lipinski definition) is 0. The summed E-state index contributed by atoms with van der Waals surface area (Å²) >= 11 is 1.84. The molecule has 0 bridgehead atoms. The van der Waals surface area contributed by atoms with E-state index in [9.17, 15) is 0 Å². The van der Waals surface area contributed by atoms with Crippen LogP contribution in [0.1, 0.15) is 0 Å². The Kier molecular flexibility index (Phi) is 6.13. The molecule has 156 valence electrons. The molecule has 0 spiro atoms. The summed E-state index contributed by atoms with van der Waals surface area (Å²) in [7, 11) is 0. The number of rotatable bonds is 4. The molecular weight excluding hydrogens is 590 g/mol. The summed E-state index contributed by atoms with van der Waals surface area (Å²) in [5, 5.41) is 2.57. The monoisotopic (exact) mass is 609 g/mol. The van der Waals surface area contributed by atoms with E-state index in [-0.39, 0.29) is 21.1 Å². The largest absolute Gasteiger partial charge is 2.00 e. The van der Waals surface area contributed by atoms with Gasteiger partial charge in [-0.1, -0.05) is 48.2 Å². The van der Waals surface area contributed by atoms with Gasteiger partial charge in [0, 0.05) is 31.5 Å². The smallest absolute Gasteiger partial charge is 0.360 e. The molecule has 0 amide bonds. The zero-order valence-electron chi connectivity index (χ0n) is 17.7. The van der Waals surface area contributed by atoms with Gasteiger partial charge in [0.05, 0.1) is 0 Å². The standard InChI is InChI=1S/C30H19NS.W/c1-3-12-22(13-4-1)24-16-7-9-18-26(24)31(23-14-5-2-6-15-23)27-19-11-21-29-30(27)25-17-8-10-20-28(25)32-29;/h1-12,14-15,17-21H;/q-2;+2. The minimum Gasteiger partial charge on any atom is -0.360 e. The molecule has 1 heterocycles. The fourth-order valence-electron chi connectivity index (χ4n) is 4.31. The SMILES string of the molecule is [W+2].[c-]1ccccc1-c1[c-]cccc1N(c1ccccc1)c1cccc2sc3ccccc3c12. The third-order valence-electron chi connectivity index (χ3n) is 5.69. The van der Waals surface area contributed by atoms with Crippen LogP contribution in [0.15, 0.2) is 115 Å². The average Bonchev–Trinajstić information content (AvgIpc) is 3.25. The van der Waals surface area contributed by atoms with Crippen LogP contribution < -0.4 is 4.90 Å². The first-order valence-electron chi connectivity index (χ1n) is 10.6. The van der Waals surface area contributed by atoms with Crippen molar-refractivity contribution in [1.82, 2.24) is 0 Å². The first-order chi connectivity index (χ1) is 15.9. The van der Waals surface area contributed by atoms with Crippen LogP contribution in [0, 0.1) is 12.1 Å². The van der Waals surface area contributed by atoms with Gasteiger partial charge in [0.25, 0.3) is 0 Å². The van der Waals surface area contributed by atoms with Gasteiger partial charge in [-0.2, -0.15) is 36.4 Å². The van der Waals surface area contributed by atoms with E-state index in [0.29, 0.717) is 0 Å². The van der Waals surface area contributed by atoms with Crippen molar-refractivity contribution in [3.05, 3.63) is 127 Å². The summed E-state index contributed by atoms with van der Waals surface area (Å²) in [6, 6.07) is 47.0. The predicted octanol–water partition coefficient (Wildman–Crippen LogP) is 8.79. The number of anilines is 3. The summed E-state index contributed by atoms with van der Waals surface area (Å²) in [4.78, 5) is 2.36. The van der Waals surface area contributed by atoms with E-state index in [0.717, 1.165) is 22.5 Å². The zero-order valence-corrected chi connectivity index (χ0v) is 21.5. The summed E-state index contributed by atoms with van der Waals surface area (Å²) in [5.41, 5.74) is 5.44. The molecule has 0 N–H and O–H groups in total. The zero-order chi connectivity index (χ0) is 21.3. The van der Waals surface area contributed by atoms with Crippen LogP contribution in [-0.4, -0.2) is 0 Å². The number of hydrogen-bond acceptors (Lipinski definition) is 2. The van der Waals surface area contributed by atoms with Crippen molar-refractivity contribution in [3.8, 4) is 11.1 Å². The Labute approximate surface area is 212 Å². The summed E-state index contributed by atoms with van der Waals surface area (Å²) < 4.78 is 2.59. The predicted molar refractivity (Wildman–Crippen MR) is 137 cm³/mol. The second kappa shape index (κ2) is 9.35. The van der Waals surface area contributed by atoms with Crippen molar-refractivity contribution in [2.24, 2.45) is 0 Å². The normalized spacial score (nSPS) is 10.8. The van der Waals surface area contributed by atoms with Crippen molar-refractivity contribution in [3.63, 3.8) is 0 Å². The molecule has 0 fully saturated rings. The Bertz CT molecular complexity index is 1520. The van der Waals surface area contributed by atoms with Crippen LogP contribution in [0.2, 0.25) is 0 Å². The van der Waals surface area contributed by atoms with Crippen LogP contribution in [0.4, 0.5) is 17.1 Å². The number of fused-ring (bicyclic) bond motifs is 3. The van der Waals surface area contributed by atoms with Gasteiger partial charge in [0.2, 0.25) is 0 Å². The fourth-order valence-corrected chi connectivity index (χ4v) is 5.43. The van der Waals surface area contributed by atoms with Gasteiger partial charge in [-0.15, -0.1) is 29.5 Å². The van der Waals surface area contributed by atoms with E-state index in [1.54, 1.807) is 0 Å². The van der Waals surface area contributed by atoms with Crippen LogP contribution >= 0.6 is 11.3 Å². The van der Waals surface area contributed by atoms with Crippen LogP contribution in [-0.2, 0) is 21.1 Å². The van der Waals surface area contributed by atoms with Gasteiger partial charge in [0.15, 0.2) is 0 Å². The maximum atomic E-state index is 3.48. The third kappa shape index (κ3) is 3.91. The maximum Gasteiger partial charge on any atom is 2.00 e. The Balaban J connectivity index is 0.00000228. The topological polar surface area (TPSA) is 3.24 Å². The Hall–Kier alpha value is -3.19. The summed E-state index contributed by atoms with van der Waals surface area (Å²) in [5.74, 6) is 0. The van der Waals surface area contributed by atoms with Gasteiger partial charge in [-0.25, -0.2) is 11.1 Å². The molecule has 6 aromatic rings. The molecule has 0 aliphatic heterocycles. The van der Waals surface area contributed by atoms with Gasteiger partial charge in [-0.05, 0) is 30.3 Å². The molecule has 0 aliphatic rings. The quantitative estimate of drug-likeness (QED) is 0.181. The van der Waals surface area contributed by atoms with E-state index >= 15 is 0 Å². The van der Waals surface area contributed by atoms with Crippen LogP contribution in [0.3, 0.4) is 0 Å². The molecule has 5 aromatic carbocycles. The molecule has 0 atom stereocenters. The van der Waals surface area contributed by atoms with E-state index < -0.39 is 0 Å². The Morgan fingerprint density at radius 2 is 1.30 bits per heavy atom. The molecule has 0 unspecified atom stereocenters. The fraction of sp³-hybridized carbons (Fsp3) is 0. The van der Waals surface area contributed by atoms with Gasteiger partial charge in [0.1, 0.15) is 0 Å². The third-order valence-corrected chi connectivity index (χ3v) is 6.83. The summed E-state index contributed by atoms with van der Waals surface area (Å²) in [6.45, 7) is 0. The van der Waals surface area contributed by atoms with Gasteiger partial charge < -0.3 is 4.90 Å². The molecule has 6 rings (SSSR count). The van der Waals surface area contributed by atoms with Crippen LogP contribution in [0.5, 0.6) is 0 Å². The maximum absolute atomic E-state index is 3.48. The number of para-hydroxylation sites is 1. The van der Waals surface area contributed by atoms with Crippen molar-refractivity contribution < 1.29 is 21.1 Å². The Morgan fingerprint density at radius 3 is 2.15 bits per heavy atom. The van der Waals surface area contributed by atoms with Gasteiger partial charge >= 0.3 is 21.1 Å². The van der Waals surface area contributed by atoms with Crippen molar-refractivity contribution >= 4 is 48.6 Å². The van der Waals surface area contributed by atoms with E-state index in [2.05, 4.69) is 114 Å². The number of thiophene rings is 1. The minimum absolute atomic E-state index is 0. The van der Waals surface area contributed by atoms with Crippen molar-refractivity contribution in [2.45, 2.75) is 0 Å². The minimum atomic E-state index is 0. The average molecular weight is 609 g/mol. The number of benzene rings is 5. The van der Waals surface area contributed by atoms with E-state index in [1.165, 1.54) is 25.9 Å². The second-order valence-corrected chi connectivity index (χ2v) is 8.71. The van der Waals surface area contributed by atoms with E-state index in [1.807, 2.05) is 29.5 Å². The van der Waals surface area contributed by atoms with Gasteiger partial charge in [-0.3, -0.25) is 0 Å². The molecule has 3 heteroatoms. The molecule has 0 saturated carbocycles. The van der Waals surface area contributed by atoms with Crippen molar-refractivity contribution in [2.75, 3.05) is 4.90 Å². The van der Waals surface area contributed by atoms with E-state index in [4.69, 9.17) is 0 Å². The first kappa shape index (κ1) is 21.6. The molecule has 0 radical (unpaired) electrons.